The lowest BCUT2D eigenvalue weighted by Crippen LogP contribution is -2.23. The summed E-state index contributed by atoms with van der Waals surface area (Å²) in [5.41, 5.74) is 6.88. The number of aromatic nitrogens is 3. The Morgan fingerprint density at radius 1 is 1.23 bits per heavy atom. The molecule has 3 N–H and O–H groups in total. The highest BCUT2D eigenvalue weighted by atomic mass is 16.5. The number of hydrogen-bond acceptors (Lipinski definition) is 4. The Bertz CT molecular complexity index is 735. The summed E-state index contributed by atoms with van der Waals surface area (Å²) in [6.07, 6.45) is 5.59. The first-order chi connectivity index (χ1) is 12.6. The second-order valence-corrected chi connectivity index (χ2v) is 6.83. The number of fused-ring (bicyclic) bond motifs is 1. The molecule has 7 nitrogen and oxygen atoms in total. The molecule has 0 spiro atoms. The van der Waals surface area contributed by atoms with Crippen LogP contribution >= 0.6 is 0 Å². The van der Waals surface area contributed by atoms with Gasteiger partial charge >= 0.3 is 0 Å². The summed E-state index contributed by atoms with van der Waals surface area (Å²) in [5.74, 6) is 3.36. The Morgan fingerprint density at radius 3 is 2.81 bits per heavy atom. The van der Waals surface area contributed by atoms with E-state index in [-0.39, 0.29) is 6.10 Å². The number of guanidine groups is 1. The molecule has 7 heteroatoms. The maximum atomic E-state index is 5.99. The molecule has 0 saturated carbocycles. The third-order valence-corrected chi connectivity index (χ3v) is 4.30. The van der Waals surface area contributed by atoms with Crippen molar-refractivity contribution < 1.29 is 4.74 Å². The molecule has 2 heterocycles. The molecule has 1 aromatic heterocycles. The van der Waals surface area contributed by atoms with Gasteiger partial charge in [0.15, 0.2) is 5.96 Å². The van der Waals surface area contributed by atoms with Crippen LogP contribution in [0.15, 0.2) is 29.3 Å². The zero-order chi connectivity index (χ0) is 18.4. The summed E-state index contributed by atoms with van der Waals surface area (Å²) in [7, 11) is 0. The van der Waals surface area contributed by atoms with Crippen LogP contribution in [-0.4, -0.2) is 33.4 Å². The van der Waals surface area contributed by atoms with E-state index in [1.807, 2.05) is 38.1 Å². The molecule has 0 radical (unpaired) electrons. The molecule has 0 amide bonds. The Balaban J connectivity index is 1.52. The normalized spacial score (nSPS) is 14.8. The summed E-state index contributed by atoms with van der Waals surface area (Å²) < 4.78 is 7.88. The maximum Gasteiger partial charge on any atom is 0.193 e. The minimum Gasteiger partial charge on any atom is -0.491 e. The molecule has 0 saturated heterocycles. The summed E-state index contributed by atoms with van der Waals surface area (Å²) in [4.78, 5) is 4.41. The van der Waals surface area contributed by atoms with Crippen LogP contribution in [0.1, 0.15) is 44.8 Å². The van der Waals surface area contributed by atoms with Crippen molar-refractivity contribution in [3.63, 3.8) is 0 Å². The quantitative estimate of drug-likeness (QED) is 0.613. The zero-order valence-electron chi connectivity index (χ0n) is 15.6. The van der Waals surface area contributed by atoms with Crippen LogP contribution in [0, 0.1) is 0 Å². The third kappa shape index (κ3) is 4.97. The lowest BCUT2D eigenvalue weighted by molar-refractivity contribution is 0.242. The van der Waals surface area contributed by atoms with Crippen molar-refractivity contribution in [2.45, 2.75) is 58.6 Å². The fourth-order valence-corrected chi connectivity index (χ4v) is 3.08. The first kappa shape index (κ1) is 18.2. The molecule has 26 heavy (non-hydrogen) atoms. The molecule has 3 rings (SSSR count). The van der Waals surface area contributed by atoms with E-state index in [4.69, 9.17) is 10.5 Å². The lowest BCUT2D eigenvalue weighted by Gasteiger charge is -2.11. The van der Waals surface area contributed by atoms with E-state index in [1.54, 1.807) is 0 Å². The van der Waals surface area contributed by atoms with Gasteiger partial charge in [-0.2, -0.15) is 0 Å². The maximum absolute atomic E-state index is 5.99. The van der Waals surface area contributed by atoms with Gasteiger partial charge in [0.25, 0.3) is 0 Å². The predicted molar refractivity (Wildman–Crippen MR) is 104 cm³/mol. The van der Waals surface area contributed by atoms with Crippen molar-refractivity contribution >= 4 is 11.6 Å². The van der Waals surface area contributed by atoms with Gasteiger partial charge in [0.05, 0.1) is 6.10 Å². The minimum absolute atomic E-state index is 0.160. The molecular weight excluding hydrogens is 328 g/mol. The fourth-order valence-electron chi connectivity index (χ4n) is 3.08. The van der Waals surface area contributed by atoms with Gasteiger partial charge in [-0.3, -0.25) is 4.99 Å². The van der Waals surface area contributed by atoms with Gasteiger partial charge in [-0.15, -0.1) is 10.2 Å². The number of nitrogens with two attached hydrogens (primary N) is 1. The molecule has 0 unspecified atom stereocenters. The molecule has 1 aliphatic heterocycles. The number of nitrogens with zero attached hydrogens (tertiary/aromatic N) is 4. The minimum atomic E-state index is 0.160. The Labute approximate surface area is 154 Å². The zero-order valence-corrected chi connectivity index (χ0v) is 15.6. The number of aliphatic imine (C=N–C) groups is 1. The van der Waals surface area contributed by atoms with Crippen LogP contribution in [0.2, 0.25) is 0 Å². The van der Waals surface area contributed by atoms with Gasteiger partial charge < -0.3 is 20.4 Å². The summed E-state index contributed by atoms with van der Waals surface area (Å²) in [6.45, 7) is 5.61. The smallest absolute Gasteiger partial charge is 0.193 e. The van der Waals surface area contributed by atoms with E-state index in [0.29, 0.717) is 12.5 Å². The molecule has 1 aliphatic rings. The van der Waals surface area contributed by atoms with E-state index in [0.717, 1.165) is 42.5 Å². The lowest BCUT2D eigenvalue weighted by atomic mass is 10.2. The highest BCUT2D eigenvalue weighted by molar-refractivity contribution is 5.92. The molecule has 1 aromatic carbocycles. The molecule has 2 aromatic rings. The molecule has 0 atom stereocenters. The summed E-state index contributed by atoms with van der Waals surface area (Å²) in [6, 6.07) is 7.69. The predicted octanol–water partition coefficient (Wildman–Crippen LogP) is 2.76. The second-order valence-electron chi connectivity index (χ2n) is 6.83. The van der Waals surface area contributed by atoms with E-state index in [2.05, 4.69) is 25.1 Å². The number of anilines is 1. The molecule has 0 fully saturated rings. The number of ether oxygens (including phenoxy) is 1. The number of hydrogen-bond donors (Lipinski definition) is 2. The van der Waals surface area contributed by atoms with Crippen molar-refractivity contribution in [3.8, 4) is 5.75 Å². The van der Waals surface area contributed by atoms with Crippen LogP contribution in [0.25, 0.3) is 0 Å². The number of aryl methyl sites for hydroxylation is 1. The van der Waals surface area contributed by atoms with Crippen LogP contribution in [0.3, 0.4) is 0 Å². The van der Waals surface area contributed by atoms with Crippen molar-refractivity contribution in [1.82, 2.24) is 14.8 Å². The third-order valence-electron chi connectivity index (χ3n) is 4.30. The van der Waals surface area contributed by atoms with Gasteiger partial charge in [0, 0.05) is 31.6 Å². The van der Waals surface area contributed by atoms with Gasteiger partial charge in [0.1, 0.15) is 17.4 Å². The van der Waals surface area contributed by atoms with Crippen LogP contribution in [0.4, 0.5) is 5.69 Å². The van der Waals surface area contributed by atoms with Crippen LogP contribution in [-0.2, 0) is 19.4 Å². The van der Waals surface area contributed by atoms with Crippen molar-refractivity contribution in [2.24, 2.45) is 10.7 Å². The summed E-state index contributed by atoms with van der Waals surface area (Å²) >= 11 is 0. The van der Waals surface area contributed by atoms with Gasteiger partial charge in [-0.1, -0.05) is 6.42 Å². The van der Waals surface area contributed by atoms with Crippen molar-refractivity contribution in [2.75, 3.05) is 11.9 Å². The number of rotatable bonds is 6. The SMILES string of the molecule is CC(C)Oc1ccc(NC(N)=NCCc2nnc3n2CCCCC3)cc1. The van der Waals surface area contributed by atoms with Crippen LogP contribution in [0.5, 0.6) is 5.75 Å². The van der Waals surface area contributed by atoms with Gasteiger partial charge in [-0.25, -0.2) is 0 Å². The molecule has 0 aliphatic carbocycles. The van der Waals surface area contributed by atoms with Gasteiger partial charge in [-0.05, 0) is 51.0 Å². The van der Waals surface area contributed by atoms with E-state index < -0.39 is 0 Å². The van der Waals surface area contributed by atoms with E-state index in [9.17, 15) is 0 Å². The standard InChI is InChI=1S/C19H28N6O/c1-14(2)26-16-9-7-15(8-10-16)22-19(20)21-12-11-18-24-23-17-6-4-3-5-13-25(17)18/h7-10,14H,3-6,11-13H2,1-2H3,(H3,20,21,22). The summed E-state index contributed by atoms with van der Waals surface area (Å²) in [5, 5.41) is 11.7. The molecule has 0 bridgehead atoms. The molecule has 140 valence electrons. The second kappa shape index (κ2) is 8.69. The monoisotopic (exact) mass is 356 g/mol. The molecular formula is C19H28N6O. The van der Waals surface area contributed by atoms with Crippen molar-refractivity contribution in [3.05, 3.63) is 35.9 Å². The Hall–Kier alpha value is -2.57. The fraction of sp³-hybridized carbons (Fsp3) is 0.526. The number of benzene rings is 1. The van der Waals surface area contributed by atoms with Crippen molar-refractivity contribution in [1.29, 1.82) is 0 Å². The highest BCUT2D eigenvalue weighted by Crippen LogP contribution is 2.17. The van der Waals surface area contributed by atoms with Gasteiger partial charge in [0.2, 0.25) is 0 Å². The Morgan fingerprint density at radius 2 is 2.04 bits per heavy atom. The Kier molecular flexibility index (Phi) is 6.09. The van der Waals surface area contributed by atoms with E-state index >= 15 is 0 Å². The largest absolute Gasteiger partial charge is 0.491 e. The first-order valence-corrected chi connectivity index (χ1v) is 9.36. The first-order valence-electron chi connectivity index (χ1n) is 9.36. The topological polar surface area (TPSA) is 90.3 Å². The average molecular weight is 356 g/mol. The highest BCUT2D eigenvalue weighted by Gasteiger charge is 2.14. The average Bonchev–Trinajstić information content (AvgIpc) is 2.83. The van der Waals surface area contributed by atoms with E-state index in [1.165, 1.54) is 19.3 Å². The van der Waals surface area contributed by atoms with Crippen LogP contribution < -0.4 is 15.8 Å². The number of nitrogens with one attached hydrogen (secondary N) is 1.